The molecule has 0 spiro atoms. The first-order valence-corrected chi connectivity index (χ1v) is 9.77. The molecule has 30 heavy (non-hydrogen) atoms. The van der Waals surface area contributed by atoms with Crippen LogP contribution in [-0.2, 0) is 14.3 Å². The smallest absolute Gasteiger partial charge is 0.326 e. The van der Waals surface area contributed by atoms with Crippen LogP contribution in [0.3, 0.4) is 0 Å². The number of fused-ring (bicyclic) bond motifs is 1. The zero-order valence-electron chi connectivity index (χ0n) is 16.4. The summed E-state index contributed by atoms with van der Waals surface area (Å²) < 4.78 is 5.11. The van der Waals surface area contributed by atoms with Crippen LogP contribution < -0.4 is 5.32 Å². The van der Waals surface area contributed by atoms with E-state index < -0.39 is 36.3 Å². The Bertz CT molecular complexity index is 1040. The van der Waals surface area contributed by atoms with Crippen LogP contribution in [0.4, 0.5) is 5.69 Å². The fraction of sp³-hybridized carbons (Fsp3) is 0.238. The third kappa shape index (κ3) is 4.32. The van der Waals surface area contributed by atoms with Gasteiger partial charge in [-0.2, -0.15) is 0 Å². The number of carbonyl (C=O) groups is 4. The summed E-state index contributed by atoms with van der Waals surface area (Å²) in [6.45, 7) is 4.50. The van der Waals surface area contributed by atoms with Crippen LogP contribution in [0.25, 0.3) is 0 Å². The highest BCUT2D eigenvalue weighted by Crippen LogP contribution is 2.31. The van der Waals surface area contributed by atoms with Gasteiger partial charge < -0.3 is 10.1 Å². The van der Waals surface area contributed by atoms with Gasteiger partial charge in [-0.05, 0) is 50.1 Å². The third-order valence-electron chi connectivity index (χ3n) is 4.63. The molecule has 1 aliphatic heterocycles. The Balaban J connectivity index is 1.64. The van der Waals surface area contributed by atoms with Crippen molar-refractivity contribution in [1.29, 1.82) is 0 Å². The van der Waals surface area contributed by atoms with E-state index in [1.54, 1.807) is 6.07 Å². The van der Waals surface area contributed by atoms with Crippen LogP contribution in [-0.4, -0.2) is 41.2 Å². The summed E-state index contributed by atoms with van der Waals surface area (Å²) in [6.07, 6.45) is -1.13. The van der Waals surface area contributed by atoms with Crippen molar-refractivity contribution in [2.24, 2.45) is 0 Å². The summed E-state index contributed by atoms with van der Waals surface area (Å²) in [5.41, 5.74) is 2.55. The number of nitrogens with zero attached hydrogens (tertiary/aromatic N) is 1. The minimum Gasteiger partial charge on any atom is -0.451 e. The average molecular weight is 449 g/mol. The zero-order chi connectivity index (χ0) is 22.2. The maximum absolute atomic E-state index is 12.5. The molecular formula is C21H18Cl2N2O5. The highest BCUT2D eigenvalue weighted by Gasteiger charge is 2.38. The molecule has 2 aromatic rings. The second-order valence-corrected chi connectivity index (χ2v) is 7.76. The predicted octanol–water partition coefficient (Wildman–Crippen LogP) is 3.78. The summed E-state index contributed by atoms with van der Waals surface area (Å²) in [5, 5.41) is 2.95. The Kier molecular flexibility index (Phi) is 6.14. The Morgan fingerprint density at radius 2 is 1.60 bits per heavy atom. The number of anilines is 1. The standard InChI is InChI=1S/C21H18Cl2N2O5/c1-10-4-5-11(2)17(6-10)24-19(27)12(3)30-18(26)9-25-20(28)13-7-15(22)16(23)8-14(13)21(25)29/h4-8,12H,9H2,1-3H3,(H,24,27). The number of hydrogen-bond acceptors (Lipinski definition) is 5. The van der Waals surface area contributed by atoms with Crippen molar-refractivity contribution in [3.63, 3.8) is 0 Å². The number of benzene rings is 2. The van der Waals surface area contributed by atoms with Crippen LogP contribution in [0.2, 0.25) is 10.0 Å². The molecule has 0 saturated carbocycles. The molecule has 9 heteroatoms. The number of nitrogens with one attached hydrogen (secondary N) is 1. The molecule has 0 aliphatic carbocycles. The summed E-state index contributed by atoms with van der Waals surface area (Å²) >= 11 is 11.8. The summed E-state index contributed by atoms with van der Waals surface area (Å²) in [6, 6.07) is 8.15. The molecule has 3 amide bonds. The van der Waals surface area contributed by atoms with Crippen molar-refractivity contribution in [2.45, 2.75) is 26.9 Å². The predicted molar refractivity (Wildman–Crippen MR) is 112 cm³/mol. The summed E-state index contributed by atoms with van der Waals surface area (Å²) in [4.78, 5) is 50.3. The normalized spacial score (nSPS) is 13.8. The molecule has 1 aliphatic rings. The molecule has 1 N–H and O–H groups in total. The van der Waals surface area contributed by atoms with E-state index in [9.17, 15) is 19.2 Å². The first kappa shape index (κ1) is 21.8. The topological polar surface area (TPSA) is 92.8 Å². The van der Waals surface area contributed by atoms with Gasteiger partial charge >= 0.3 is 5.97 Å². The number of imide groups is 1. The van der Waals surface area contributed by atoms with Crippen molar-refractivity contribution in [3.8, 4) is 0 Å². The van der Waals surface area contributed by atoms with Crippen molar-refractivity contribution < 1.29 is 23.9 Å². The van der Waals surface area contributed by atoms with Crippen molar-refractivity contribution in [3.05, 3.63) is 62.6 Å². The van der Waals surface area contributed by atoms with Crippen molar-refractivity contribution in [1.82, 2.24) is 4.90 Å². The Morgan fingerprint density at radius 3 is 2.17 bits per heavy atom. The number of carbonyl (C=O) groups excluding carboxylic acids is 4. The van der Waals surface area contributed by atoms with E-state index in [0.717, 1.165) is 16.0 Å². The second-order valence-electron chi connectivity index (χ2n) is 6.95. The van der Waals surface area contributed by atoms with E-state index in [2.05, 4.69) is 5.32 Å². The van der Waals surface area contributed by atoms with Gasteiger partial charge in [0.15, 0.2) is 6.10 Å². The van der Waals surface area contributed by atoms with Gasteiger partial charge in [0.2, 0.25) is 0 Å². The fourth-order valence-electron chi connectivity index (χ4n) is 2.95. The average Bonchev–Trinajstić information content (AvgIpc) is 2.89. The second kappa shape index (κ2) is 8.45. The Morgan fingerprint density at radius 1 is 1.03 bits per heavy atom. The minimum absolute atomic E-state index is 0.0583. The van der Waals surface area contributed by atoms with Crippen LogP contribution in [0, 0.1) is 13.8 Å². The van der Waals surface area contributed by atoms with Crippen LogP contribution in [0.5, 0.6) is 0 Å². The lowest BCUT2D eigenvalue weighted by atomic mass is 10.1. The molecule has 1 atom stereocenters. The summed E-state index contributed by atoms with van der Waals surface area (Å²) in [7, 11) is 0. The SMILES string of the molecule is Cc1ccc(C)c(NC(=O)C(C)OC(=O)CN2C(=O)c3cc(Cl)c(Cl)cc3C2=O)c1. The molecule has 0 fully saturated rings. The number of amides is 3. The maximum Gasteiger partial charge on any atom is 0.326 e. The van der Waals surface area contributed by atoms with Gasteiger partial charge in [-0.3, -0.25) is 24.1 Å². The monoisotopic (exact) mass is 448 g/mol. The quantitative estimate of drug-likeness (QED) is 0.554. The molecule has 156 valence electrons. The number of esters is 1. The van der Waals surface area contributed by atoms with Crippen molar-refractivity contribution >= 4 is 52.6 Å². The third-order valence-corrected chi connectivity index (χ3v) is 5.35. The highest BCUT2D eigenvalue weighted by molar-refractivity contribution is 6.43. The van der Waals surface area contributed by atoms with Crippen LogP contribution in [0.1, 0.15) is 38.8 Å². The summed E-state index contributed by atoms with van der Waals surface area (Å²) in [5.74, 6) is -2.79. The largest absolute Gasteiger partial charge is 0.451 e. The molecular weight excluding hydrogens is 431 g/mol. The van der Waals surface area contributed by atoms with E-state index >= 15 is 0 Å². The molecule has 3 rings (SSSR count). The first-order valence-electron chi connectivity index (χ1n) is 9.01. The van der Waals surface area contributed by atoms with Gasteiger partial charge in [0, 0.05) is 5.69 Å². The van der Waals surface area contributed by atoms with E-state index in [0.29, 0.717) is 5.69 Å². The van der Waals surface area contributed by atoms with E-state index in [-0.39, 0.29) is 21.2 Å². The van der Waals surface area contributed by atoms with Gasteiger partial charge in [0.05, 0.1) is 21.2 Å². The number of halogens is 2. The van der Waals surface area contributed by atoms with Crippen LogP contribution in [0.15, 0.2) is 30.3 Å². The van der Waals surface area contributed by atoms with Gasteiger partial charge in [0.25, 0.3) is 17.7 Å². The van der Waals surface area contributed by atoms with Crippen molar-refractivity contribution in [2.75, 3.05) is 11.9 Å². The molecule has 0 radical (unpaired) electrons. The van der Waals surface area contributed by atoms with Gasteiger partial charge in [-0.1, -0.05) is 35.3 Å². The molecule has 0 aromatic heterocycles. The van der Waals surface area contributed by atoms with E-state index in [1.165, 1.54) is 19.1 Å². The molecule has 2 aromatic carbocycles. The number of rotatable bonds is 5. The number of ether oxygens (including phenoxy) is 1. The van der Waals surface area contributed by atoms with Gasteiger partial charge in [-0.15, -0.1) is 0 Å². The van der Waals surface area contributed by atoms with E-state index in [4.69, 9.17) is 27.9 Å². The Labute approximate surface area is 182 Å². The fourth-order valence-corrected chi connectivity index (χ4v) is 3.28. The van der Waals surface area contributed by atoms with Gasteiger partial charge in [-0.25, -0.2) is 0 Å². The number of hydrogen-bond donors (Lipinski definition) is 1. The first-order chi connectivity index (χ1) is 14.1. The molecule has 0 bridgehead atoms. The number of aryl methyl sites for hydroxylation is 2. The molecule has 7 nitrogen and oxygen atoms in total. The zero-order valence-corrected chi connectivity index (χ0v) is 17.9. The maximum atomic E-state index is 12.5. The highest BCUT2D eigenvalue weighted by atomic mass is 35.5. The van der Waals surface area contributed by atoms with Gasteiger partial charge in [0.1, 0.15) is 6.54 Å². The molecule has 1 heterocycles. The lowest BCUT2D eigenvalue weighted by molar-refractivity contribution is -0.153. The minimum atomic E-state index is -1.13. The molecule has 1 unspecified atom stereocenters. The Hall–Kier alpha value is -2.90. The molecule has 0 saturated heterocycles. The van der Waals surface area contributed by atoms with Crippen LogP contribution >= 0.6 is 23.2 Å². The van der Waals surface area contributed by atoms with E-state index in [1.807, 2.05) is 26.0 Å². The lowest BCUT2D eigenvalue weighted by Gasteiger charge is -2.17. The lowest BCUT2D eigenvalue weighted by Crippen LogP contribution is -2.38.